The van der Waals surface area contributed by atoms with E-state index in [1.54, 1.807) is 12.1 Å². The number of rotatable bonds is 11. The maximum absolute atomic E-state index is 13.1. The molecule has 2 heterocycles. The predicted octanol–water partition coefficient (Wildman–Crippen LogP) is 6.20. The first kappa shape index (κ1) is 30.7. The Bertz CT molecular complexity index is 1550. The van der Waals surface area contributed by atoms with E-state index in [0.29, 0.717) is 54.1 Å². The lowest BCUT2D eigenvalue weighted by atomic mass is 10.1. The van der Waals surface area contributed by atoms with Crippen LogP contribution in [0.3, 0.4) is 0 Å². The molecule has 4 aromatic rings. The van der Waals surface area contributed by atoms with E-state index in [2.05, 4.69) is 15.1 Å². The van der Waals surface area contributed by atoms with E-state index in [1.807, 2.05) is 42.5 Å². The highest BCUT2D eigenvalue weighted by Gasteiger charge is 2.30. The molecule has 1 aliphatic rings. The van der Waals surface area contributed by atoms with Gasteiger partial charge in [0, 0.05) is 56.6 Å². The fourth-order valence-electron chi connectivity index (χ4n) is 5.08. The fourth-order valence-corrected chi connectivity index (χ4v) is 5.30. The van der Waals surface area contributed by atoms with Gasteiger partial charge < -0.3 is 15.0 Å². The highest BCUT2D eigenvalue weighted by Crippen LogP contribution is 2.32. The van der Waals surface area contributed by atoms with Crippen LogP contribution in [0.2, 0.25) is 5.02 Å². The van der Waals surface area contributed by atoms with Gasteiger partial charge in [-0.2, -0.15) is 13.2 Å². The quantitative estimate of drug-likeness (QED) is 0.218. The summed E-state index contributed by atoms with van der Waals surface area (Å²) in [6, 6.07) is 20.1. The van der Waals surface area contributed by atoms with Gasteiger partial charge in [0.25, 0.3) is 0 Å². The van der Waals surface area contributed by atoms with E-state index >= 15 is 0 Å². The zero-order valence-electron chi connectivity index (χ0n) is 23.6. The van der Waals surface area contributed by atoms with Crippen LogP contribution < -0.4 is 10.2 Å². The minimum Gasteiger partial charge on any atom is -0.379 e. The number of anilines is 1. The number of hydrogen-bond donors (Lipinski definition) is 1. The van der Waals surface area contributed by atoms with Gasteiger partial charge in [-0.15, -0.1) is 0 Å². The normalized spacial score (nSPS) is 14.1. The van der Waals surface area contributed by atoms with Crippen molar-refractivity contribution >= 4 is 34.2 Å². The Morgan fingerprint density at radius 2 is 1.74 bits per heavy atom. The second-order valence-corrected chi connectivity index (χ2v) is 10.8. The third-order valence-corrected chi connectivity index (χ3v) is 7.69. The first-order valence-corrected chi connectivity index (χ1v) is 14.7. The summed E-state index contributed by atoms with van der Waals surface area (Å²) < 4.78 is 44.8. The number of para-hydroxylation sites is 1. The van der Waals surface area contributed by atoms with Crippen molar-refractivity contribution < 1.29 is 22.7 Å². The van der Waals surface area contributed by atoms with Crippen LogP contribution in [0, 0.1) is 0 Å². The first-order valence-electron chi connectivity index (χ1n) is 14.3. The molecular weight excluding hydrogens is 579 g/mol. The van der Waals surface area contributed by atoms with Crippen LogP contribution in [0.5, 0.6) is 0 Å². The minimum absolute atomic E-state index is 0.00682. The Balaban J connectivity index is 1.35. The zero-order valence-corrected chi connectivity index (χ0v) is 24.4. The maximum Gasteiger partial charge on any atom is 0.416 e. The number of nitrogens with zero attached hydrogens (tertiary/aromatic N) is 4. The lowest BCUT2D eigenvalue weighted by Gasteiger charge is -2.29. The van der Waals surface area contributed by atoms with Crippen molar-refractivity contribution in [3.8, 4) is 11.4 Å². The summed E-state index contributed by atoms with van der Waals surface area (Å²) in [6.07, 6.45) is -3.47. The standard InChI is InChI=1S/C32H33ClF3N5O2/c33-27-11-3-1-9-25(27)30-38-28-12-4-2-10-26(28)31(39-30)41(15-6-14-40-17-19-43-20-18-40)16-13-29(42)37-22-23-7-5-8-24(21-23)32(34,35)36/h1-5,7-12,21H,6,13-20,22H2,(H,37,42). The van der Waals surface area contributed by atoms with Crippen molar-refractivity contribution in [1.29, 1.82) is 0 Å². The average Bonchev–Trinajstić information content (AvgIpc) is 3.01. The van der Waals surface area contributed by atoms with Crippen molar-refractivity contribution in [3.63, 3.8) is 0 Å². The van der Waals surface area contributed by atoms with Gasteiger partial charge in [-0.25, -0.2) is 9.97 Å². The SMILES string of the molecule is O=C(CCN(CCCN1CCOCC1)c1nc(-c2ccccc2Cl)nc2ccccc12)NCc1cccc(C(F)(F)F)c1. The van der Waals surface area contributed by atoms with E-state index in [0.717, 1.165) is 49.1 Å². The van der Waals surface area contributed by atoms with Crippen molar-refractivity contribution in [2.45, 2.75) is 25.6 Å². The third-order valence-electron chi connectivity index (χ3n) is 7.36. The molecule has 0 bridgehead atoms. The lowest BCUT2D eigenvalue weighted by Crippen LogP contribution is -2.39. The molecule has 1 aromatic heterocycles. The predicted molar refractivity (Wildman–Crippen MR) is 162 cm³/mol. The molecule has 0 radical (unpaired) electrons. The summed E-state index contributed by atoms with van der Waals surface area (Å²) in [5.74, 6) is 0.930. The Labute approximate surface area is 253 Å². The largest absolute Gasteiger partial charge is 0.416 e. The van der Waals surface area contributed by atoms with Gasteiger partial charge in [0.05, 0.1) is 29.3 Å². The minimum atomic E-state index is -4.44. The number of benzene rings is 3. The summed E-state index contributed by atoms with van der Waals surface area (Å²) >= 11 is 6.51. The maximum atomic E-state index is 13.1. The average molecular weight is 612 g/mol. The number of amides is 1. The molecule has 226 valence electrons. The molecule has 5 rings (SSSR count). The van der Waals surface area contributed by atoms with Crippen LogP contribution in [-0.2, 0) is 22.3 Å². The summed E-state index contributed by atoms with van der Waals surface area (Å²) in [6.45, 7) is 5.08. The summed E-state index contributed by atoms with van der Waals surface area (Å²) in [5, 5.41) is 4.16. The van der Waals surface area contributed by atoms with Crippen LogP contribution in [0.4, 0.5) is 19.0 Å². The smallest absolute Gasteiger partial charge is 0.379 e. The number of halogens is 4. The highest BCUT2D eigenvalue weighted by atomic mass is 35.5. The monoisotopic (exact) mass is 611 g/mol. The van der Waals surface area contributed by atoms with Crippen molar-refractivity contribution in [2.75, 3.05) is 50.8 Å². The van der Waals surface area contributed by atoms with Gasteiger partial charge in [0.15, 0.2) is 5.82 Å². The molecule has 0 aliphatic carbocycles. The molecule has 7 nitrogen and oxygen atoms in total. The molecule has 1 saturated heterocycles. The van der Waals surface area contributed by atoms with E-state index in [-0.39, 0.29) is 18.9 Å². The van der Waals surface area contributed by atoms with Gasteiger partial charge in [0.2, 0.25) is 5.91 Å². The molecule has 1 amide bonds. The summed E-state index contributed by atoms with van der Waals surface area (Å²) in [5.41, 5.74) is 1.12. The number of fused-ring (bicyclic) bond motifs is 1. The number of carbonyl (C=O) groups excluding carboxylic acids is 1. The van der Waals surface area contributed by atoms with Gasteiger partial charge in [-0.05, 0) is 48.4 Å². The number of carbonyl (C=O) groups is 1. The van der Waals surface area contributed by atoms with Crippen LogP contribution in [0.25, 0.3) is 22.3 Å². The summed E-state index contributed by atoms with van der Waals surface area (Å²) in [7, 11) is 0. The molecule has 43 heavy (non-hydrogen) atoms. The molecule has 0 atom stereocenters. The van der Waals surface area contributed by atoms with Gasteiger partial charge in [0.1, 0.15) is 5.82 Å². The van der Waals surface area contributed by atoms with Crippen molar-refractivity contribution in [2.24, 2.45) is 0 Å². The van der Waals surface area contributed by atoms with Gasteiger partial charge in [-0.3, -0.25) is 9.69 Å². The van der Waals surface area contributed by atoms with Crippen molar-refractivity contribution in [1.82, 2.24) is 20.2 Å². The number of alkyl halides is 3. The van der Waals surface area contributed by atoms with E-state index < -0.39 is 11.7 Å². The number of nitrogens with one attached hydrogen (secondary N) is 1. The Hall–Kier alpha value is -3.73. The van der Waals surface area contributed by atoms with Crippen LogP contribution >= 0.6 is 11.6 Å². The molecule has 11 heteroatoms. The van der Waals surface area contributed by atoms with Crippen LogP contribution in [0.15, 0.2) is 72.8 Å². The molecule has 1 N–H and O–H groups in total. The first-order chi connectivity index (χ1) is 20.8. The van der Waals surface area contributed by atoms with E-state index in [9.17, 15) is 18.0 Å². The zero-order chi connectivity index (χ0) is 30.2. The molecule has 0 unspecified atom stereocenters. The topological polar surface area (TPSA) is 70.6 Å². The summed E-state index contributed by atoms with van der Waals surface area (Å²) in [4.78, 5) is 27.1. The number of ether oxygens (including phenoxy) is 1. The molecule has 0 spiro atoms. The molecular formula is C32H33ClF3N5O2. The molecule has 1 aliphatic heterocycles. The second-order valence-electron chi connectivity index (χ2n) is 10.4. The van der Waals surface area contributed by atoms with E-state index in [1.165, 1.54) is 6.07 Å². The number of hydrogen-bond acceptors (Lipinski definition) is 6. The fraction of sp³-hybridized carbons (Fsp3) is 0.344. The Kier molecular flexibility index (Phi) is 10.1. The molecule has 0 saturated carbocycles. The highest BCUT2D eigenvalue weighted by molar-refractivity contribution is 6.33. The molecule has 1 fully saturated rings. The Morgan fingerprint density at radius 3 is 2.53 bits per heavy atom. The third kappa shape index (κ3) is 8.22. The van der Waals surface area contributed by atoms with Crippen LogP contribution in [0.1, 0.15) is 24.0 Å². The van der Waals surface area contributed by atoms with Gasteiger partial charge in [-0.1, -0.05) is 48.0 Å². The van der Waals surface area contributed by atoms with Gasteiger partial charge >= 0.3 is 6.18 Å². The Morgan fingerprint density at radius 1 is 0.977 bits per heavy atom. The van der Waals surface area contributed by atoms with E-state index in [4.69, 9.17) is 26.3 Å². The number of morpholine rings is 1. The second kappa shape index (κ2) is 14.2. The van der Waals surface area contributed by atoms with Crippen molar-refractivity contribution in [3.05, 3.63) is 88.9 Å². The number of aromatic nitrogens is 2. The molecule has 3 aromatic carbocycles. The lowest BCUT2D eigenvalue weighted by molar-refractivity contribution is -0.137. The van der Waals surface area contributed by atoms with Crippen LogP contribution in [-0.4, -0.2) is 66.7 Å².